The van der Waals surface area contributed by atoms with Crippen LogP contribution in [0.2, 0.25) is 5.02 Å². The molecule has 8 nitrogen and oxygen atoms in total. The van der Waals surface area contributed by atoms with Crippen LogP contribution < -0.4 is 10.6 Å². The number of aromatic nitrogens is 4. The molecule has 0 unspecified atom stereocenters. The van der Waals surface area contributed by atoms with Crippen molar-refractivity contribution in [2.24, 2.45) is 0 Å². The van der Waals surface area contributed by atoms with E-state index in [9.17, 15) is 5.26 Å². The van der Waals surface area contributed by atoms with Gasteiger partial charge in [-0.15, -0.1) is 5.10 Å². The SMILES string of the molecule is CC[C@H](C)Nc1c(C#N)cnc2c(Cl)cc(N[C@@H](c3ccccc3)c3cn(C4CCN(C(C)(C)C)CC4)nn3)cc12. The molecule has 2 N–H and O–H groups in total. The number of benzene rings is 2. The van der Waals surface area contributed by atoms with E-state index in [2.05, 4.69) is 89.8 Å². The minimum absolute atomic E-state index is 0.176. The first-order valence-corrected chi connectivity index (χ1v) is 14.8. The van der Waals surface area contributed by atoms with Crippen LogP contribution in [0.1, 0.15) is 82.8 Å². The highest BCUT2D eigenvalue weighted by atomic mass is 35.5. The lowest BCUT2D eigenvalue weighted by Gasteiger charge is -2.40. The van der Waals surface area contributed by atoms with E-state index in [4.69, 9.17) is 11.6 Å². The third-order valence-electron chi connectivity index (χ3n) is 8.10. The first-order chi connectivity index (χ1) is 19.7. The Kier molecular flexibility index (Phi) is 8.48. The molecule has 2 atom stereocenters. The summed E-state index contributed by atoms with van der Waals surface area (Å²) in [6, 6.07) is 16.7. The Morgan fingerprint density at radius 2 is 1.85 bits per heavy atom. The van der Waals surface area contributed by atoms with Crippen LogP contribution in [0.25, 0.3) is 10.9 Å². The molecule has 214 valence electrons. The van der Waals surface area contributed by atoms with Gasteiger partial charge in [0.1, 0.15) is 11.8 Å². The minimum Gasteiger partial charge on any atom is -0.381 e. The fourth-order valence-corrected chi connectivity index (χ4v) is 5.74. The second-order valence-electron chi connectivity index (χ2n) is 12.0. The lowest BCUT2D eigenvalue weighted by atomic mass is 9.98. The van der Waals surface area contributed by atoms with Crippen LogP contribution in [-0.2, 0) is 0 Å². The van der Waals surface area contributed by atoms with Crippen molar-refractivity contribution < 1.29 is 0 Å². The molecule has 4 aromatic rings. The summed E-state index contributed by atoms with van der Waals surface area (Å²) >= 11 is 6.78. The van der Waals surface area contributed by atoms with E-state index in [1.54, 1.807) is 6.20 Å². The van der Waals surface area contributed by atoms with Crippen molar-refractivity contribution in [1.82, 2.24) is 24.9 Å². The van der Waals surface area contributed by atoms with E-state index in [0.29, 0.717) is 22.1 Å². The van der Waals surface area contributed by atoms with Crippen molar-refractivity contribution >= 4 is 33.9 Å². The van der Waals surface area contributed by atoms with E-state index in [-0.39, 0.29) is 17.6 Å². The summed E-state index contributed by atoms with van der Waals surface area (Å²) in [6.07, 6.45) is 6.67. The second kappa shape index (κ2) is 12.1. The highest BCUT2D eigenvalue weighted by Crippen LogP contribution is 2.36. The number of piperidine rings is 1. The number of hydrogen-bond donors (Lipinski definition) is 2. The molecule has 0 amide bonds. The van der Waals surface area contributed by atoms with Gasteiger partial charge in [-0.05, 0) is 64.7 Å². The van der Waals surface area contributed by atoms with Gasteiger partial charge >= 0.3 is 0 Å². The smallest absolute Gasteiger partial charge is 0.109 e. The van der Waals surface area contributed by atoms with Gasteiger partial charge in [-0.3, -0.25) is 9.88 Å². The van der Waals surface area contributed by atoms with Gasteiger partial charge in [0.05, 0.1) is 40.1 Å². The number of nitriles is 1. The fourth-order valence-electron chi connectivity index (χ4n) is 5.47. The molecule has 1 saturated heterocycles. The summed E-state index contributed by atoms with van der Waals surface area (Å²) in [5.41, 5.74) is 4.80. The van der Waals surface area contributed by atoms with Crippen molar-refractivity contribution in [1.29, 1.82) is 5.26 Å². The van der Waals surface area contributed by atoms with Gasteiger partial charge in [-0.2, -0.15) is 5.26 Å². The van der Waals surface area contributed by atoms with Crippen LogP contribution in [0.4, 0.5) is 11.4 Å². The van der Waals surface area contributed by atoms with Crippen LogP contribution in [0.3, 0.4) is 0 Å². The molecule has 0 radical (unpaired) electrons. The maximum Gasteiger partial charge on any atom is 0.109 e. The molecule has 41 heavy (non-hydrogen) atoms. The van der Waals surface area contributed by atoms with Crippen molar-refractivity contribution in [3.05, 3.63) is 76.7 Å². The summed E-state index contributed by atoms with van der Waals surface area (Å²) < 4.78 is 2.04. The second-order valence-corrected chi connectivity index (χ2v) is 12.4. The van der Waals surface area contributed by atoms with Crippen molar-refractivity contribution in [3.8, 4) is 6.07 Å². The van der Waals surface area contributed by atoms with Gasteiger partial charge in [-0.25, -0.2) is 4.68 Å². The largest absolute Gasteiger partial charge is 0.381 e. The number of nitrogens with one attached hydrogen (secondary N) is 2. The van der Waals surface area contributed by atoms with Crippen molar-refractivity contribution in [3.63, 3.8) is 0 Å². The average Bonchev–Trinajstić information content (AvgIpc) is 3.46. The Morgan fingerprint density at radius 1 is 1.12 bits per heavy atom. The van der Waals surface area contributed by atoms with E-state index in [1.165, 1.54) is 0 Å². The summed E-state index contributed by atoms with van der Waals surface area (Å²) in [5, 5.41) is 27.5. The number of hydrogen-bond acceptors (Lipinski definition) is 7. The Morgan fingerprint density at radius 3 is 2.51 bits per heavy atom. The zero-order chi connectivity index (χ0) is 29.1. The lowest BCUT2D eigenvalue weighted by Crippen LogP contribution is -2.46. The number of nitrogens with zero attached hydrogens (tertiary/aromatic N) is 6. The Balaban J connectivity index is 1.48. The predicted molar refractivity (Wildman–Crippen MR) is 166 cm³/mol. The van der Waals surface area contributed by atoms with Gasteiger partial charge in [0.15, 0.2) is 0 Å². The molecule has 5 rings (SSSR count). The zero-order valence-corrected chi connectivity index (χ0v) is 25.3. The molecule has 1 aliphatic rings. The maximum absolute atomic E-state index is 9.81. The van der Waals surface area contributed by atoms with Crippen molar-refractivity contribution in [2.45, 2.75) is 77.5 Å². The van der Waals surface area contributed by atoms with Crippen LogP contribution in [0, 0.1) is 11.3 Å². The van der Waals surface area contributed by atoms with E-state index in [1.807, 2.05) is 35.0 Å². The standard InChI is InChI=1S/C32H39ClN8/c1-6-21(2)36-29-23(18-34)19-35-31-26(29)16-24(17-27(31)33)37-30(22-10-8-7-9-11-22)28-20-41(39-38-28)25-12-14-40(15-13-25)32(3,4)5/h7-11,16-17,19-21,25,30,37H,6,12-15H2,1-5H3,(H,35,36)/t21-,30-/m0/s1. The number of pyridine rings is 1. The van der Waals surface area contributed by atoms with Crippen LogP contribution >= 0.6 is 11.6 Å². The third-order valence-corrected chi connectivity index (χ3v) is 8.39. The van der Waals surface area contributed by atoms with E-state index in [0.717, 1.165) is 60.4 Å². The molecule has 0 saturated carbocycles. The van der Waals surface area contributed by atoms with Gasteiger partial charge in [0.2, 0.25) is 0 Å². The van der Waals surface area contributed by atoms with Crippen LogP contribution in [0.15, 0.2) is 54.9 Å². The van der Waals surface area contributed by atoms with Gasteiger partial charge in [0.25, 0.3) is 0 Å². The number of rotatable bonds is 8. The molecule has 0 bridgehead atoms. The zero-order valence-electron chi connectivity index (χ0n) is 24.5. The van der Waals surface area contributed by atoms with Gasteiger partial charge < -0.3 is 10.6 Å². The molecular formula is C32H39ClN8. The normalized spacial score (nSPS) is 16.3. The molecule has 0 aliphatic carbocycles. The lowest BCUT2D eigenvalue weighted by molar-refractivity contribution is 0.0866. The monoisotopic (exact) mass is 570 g/mol. The molecule has 0 spiro atoms. The third kappa shape index (κ3) is 6.32. The Hall–Kier alpha value is -3.67. The molecule has 2 aromatic heterocycles. The quantitative estimate of drug-likeness (QED) is 0.231. The molecule has 1 aliphatic heterocycles. The number of anilines is 2. The van der Waals surface area contributed by atoms with E-state index < -0.39 is 0 Å². The van der Waals surface area contributed by atoms with E-state index >= 15 is 0 Å². The van der Waals surface area contributed by atoms with Gasteiger partial charge in [-0.1, -0.05) is 54.1 Å². The van der Waals surface area contributed by atoms with Crippen LogP contribution in [0.5, 0.6) is 0 Å². The Labute approximate surface area is 247 Å². The minimum atomic E-state index is -0.244. The van der Waals surface area contributed by atoms with Crippen molar-refractivity contribution in [2.75, 3.05) is 23.7 Å². The number of halogens is 1. The average molecular weight is 571 g/mol. The highest BCUT2D eigenvalue weighted by molar-refractivity contribution is 6.35. The summed E-state index contributed by atoms with van der Waals surface area (Å²) in [6.45, 7) is 13.1. The first kappa shape index (κ1) is 28.8. The Bertz CT molecular complexity index is 1530. The maximum atomic E-state index is 9.81. The molecule has 2 aromatic carbocycles. The fraction of sp³-hybridized carbons (Fsp3) is 0.438. The first-order valence-electron chi connectivity index (χ1n) is 14.4. The topological polar surface area (TPSA) is 94.7 Å². The van der Waals surface area contributed by atoms with Crippen LogP contribution in [-0.4, -0.2) is 49.5 Å². The predicted octanol–water partition coefficient (Wildman–Crippen LogP) is 7.20. The number of fused-ring (bicyclic) bond motifs is 1. The molecule has 3 heterocycles. The highest BCUT2D eigenvalue weighted by Gasteiger charge is 2.29. The van der Waals surface area contributed by atoms with Gasteiger partial charge in [0, 0.05) is 41.9 Å². The summed E-state index contributed by atoms with van der Waals surface area (Å²) in [5.74, 6) is 0. The summed E-state index contributed by atoms with van der Waals surface area (Å²) in [4.78, 5) is 7.04. The summed E-state index contributed by atoms with van der Waals surface area (Å²) in [7, 11) is 0. The number of likely N-dealkylation sites (tertiary alicyclic amines) is 1. The molecular weight excluding hydrogens is 532 g/mol. The molecule has 1 fully saturated rings. The molecule has 9 heteroatoms.